The van der Waals surface area contributed by atoms with Gasteiger partial charge in [0.1, 0.15) is 17.8 Å². The maximum absolute atomic E-state index is 12.0. The Morgan fingerprint density at radius 2 is 2.11 bits per heavy atom. The van der Waals surface area contributed by atoms with Gasteiger partial charge in [-0.3, -0.25) is 10.1 Å². The lowest BCUT2D eigenvalue weighted by Crippen LogP contribution is -2.61. The van der Waals surface area contributed by atoms with Gasteiger partial charge in [0.25, 0.3) is 5.91 Å². The molecule has 0 bridgehead atoms. The number of methoxy groups -OCH3 is 1. The van der Waals surface area contributed by atoms with E-state index in [4.69, 9.17) is 25.8 Å². The average Bonchev–Trinajstić information content (AvgIpc) is 3.31. The second-order valence-electron chi connectivity index (χ2n) is 7.90. The Kier molecular flexibility index (Phi) is 7.31. The smallest absolute Gasteiger partial charge is 0.414 e. The molecule has 1 saturated carbocycles. The van der Waals surface area contributed by atoms with Crippen molar-refractivity contribution >= 4 is 23.6 Å². The van der Waals surface area contributed by atoms with Gasteiger partial charge in [-0.15, -0.1) is 11.6 Å². The molecule has 7 nitrogen and oxygen atoms in total. The molecule has 1 saturated heterocycles. The molecule has 0 aromatic heterocycles. The van der Waals surface area contributed by atoms with E-state index in [0.29, 0.717) is 19.3 Å². The number of alkyl carbamates (subject to hydrolysis) is 1. The summed E-state index contributed by atoms with van der Waals surface area (Å²) in [7, 11) is 1.50. The highest BCUT2D eigenvalue weighted by Gasteiger charge is 2.67. The van der Waals surface area contributed by atoms with Crippen molar-refractivity contribution in [2.45, 2.75) is 69.5 Å². The molecule has 2 rings (SSSR count). The molecule has 2 aliphatic rings. The molecule has 2 amide bonds. The lowest BCUT2D eigenvalue weighted by Gasteiger charge is -2.48. The number of aliphatic hydroxyl groups is 1. The lowest BCUT2D eigenvalue weighted by atomic mass is 9.66. The molecule has 0 aromatic rings. The highest BCUT2D eigenvalue weighted by molar-refractivity contribution is 6.18. The van der Waals surface area contributed by atoms with Crippen LogP contribution in [-0.4, -0.2) is 59.6 Å². The molecule has 0 radical (unpaired) electrons. The molecule has 1 aliphatic heterocycles. The normalized spacial score (nSPS) is 36.9. The van der Waals surface area contributed by atoms with Gasteiger partial charge in [0, 0.05) is 7.11 Å². The summed E-state index contributed by atoms with van der Waals surface area (Å²) in [5.41, 5.74) is -0.697. The molecule has 6 atom stereocenters. The Labute approximate surface area is 171 Å². The first-order chi connectivity index (χ1) is 13.1. The number of nitrogens with one attached hydrogen (secondary N) is 1. The maximum Gasteiger partial charge on any atom is 0.414 e. The van der Waals surface area contributed by atoms with Gasteiger partial charge >= 0.3 is 6.09 Å². The van der Waals surface area contributed by atoms with Crippen molar-refractivity contribution in [1.82, 2.24) is 5.32 Å². The fraction of sp³-hybridized carbons (Fsp3) is 0.700. The first kappa shape index (κ1) is 22.9. The highest BCUT2D eigenvalue weighted by atomic mass is 35.5. The number of hydrogen-bond acceptors (Lipinski definition) is 6. The van der Waals surface area contributed by atoms with Crippen LogP contribution in [0.3, 0.4) is 0 Å². The number of carbonyl (C=O) groups is 2. The largest absolute Gasteiger partial charge is 0.443 e. The van der Waals surface area contributed by atoms with Crippen LogP contribution in [0.4, 0.5) is 4.79 Å². The molecule has 158 valence electrons. The van der Waals surface area contributed by atoms with Crippen LogP contribution in [0.2, 0.25) is 0 Å². The van der Waals surface area contributed by atoms with Crippen LogP contribution in [-0.2, 0) is 19.0 Å². The number of halogens is 1. The van der Waals surface area contributed by atoms with Crippen molar-refractivity contribution in [1.29, 1.82) is 0 Å². The van der Waals surface area contributed by atoms with Crippen molar-refractivity contribution in [3.63, 3.8) is 0 Å². The number of allylic oxidation sites excluding steroid dienone is 1. The molecular weight excluding hydrogens is 386 g/mol. The highest BCUT2D eigenvalue weighted by Crippen LogP contribution is 2.54. The third-order valence-corrected chi connectivity index (χ3v) is 6.11. The van der Waals surface area contributed by atoms with Gasteiger partial charge in [0.15, 0.2) is 0 Å². The zero-order valence-corrected chi connectivity index (χ0v) is 17.6. The molecule has 8 heteroatoms. The van der Waals surface area contributed by atoms with E-state index in [1.807, 2.05) is 20.8 Å². The molecule has 2 fully saturated rings. The van der Waals surface area contributed by atoms with Crippen LogP contribution in [0, 0.1) is 5.92 Å². The average molecular weight is 416 g/mol. The van der Waals surface area contributed by atoms with E-state index in [1.54, 1.807) is 0 Å². The molecule has 28 heavy (non-hydrogen) atoms. The van der Waals surface area contributed by atoms with Gasteiger partial charge in [-0.2, -0.15) is 0 Å². The number of amides is 2. The molecule has 0 spiro atoms. The zero-order chi connectivity index (χ0) is 21.1. The molecular formula is C20H30ClNO6. The Balaban J connectivity index is 2.21. The number of hydrogen-bond donors (Lipinski definition) is 2. The van der Waals surface area contributed by atoms with Crippen molar-refractivity contribution in [2.24, 2.45) is 5.92 Å². The predicted octanol–water partition coefficient (Wildman–Crippen LogP) is 2.70. The molecule has 0 aromatic carbocycles. The number of alkyl halides is 1. The summed E-state index contributed by atoms with van der Waals surface area (Å²) in [5, 5.41) is 13.3. The molecule has 1 heterocycles. The van der Waals surface area contributed by atoms with E-state index in [0.717, 1.165) is 6.08 Å². The SMILES string of the molecule is C=CC(=O)NC(=O)OC1CCC(O)(CCl)C(C2(C)OC2CC=C(C)C)C1OC. The minimum absolute atomic E-state index is 0.0136. The van der Waals surface area contributed by atoms with Crippen molar-refractivity contribution < 1.29 is 28.9 Å². The van der Waals surface area contributed by atoms with Crippen LogP contribution >= 0.6 is 11.6 Å². The number of ether oxygens (including phenoxy) is 3. The summed E-state index contributed by atoms with van der Waals surface area (Å²) in [5.74, 6) is -1.14. The van der Waals surface area contributed by atoms with Gasteiger partial charge < -0.3 is 19.3 Å². The van der Waals surface area contributed by atoms with Crippen LogP contribution in [0.15, 0.2) is 24.3 Å². The van der Waals surface area contributed by atoms with Crippen LogP contribution in [0.5, 0.6) is 0 Å². The fourth-order valence-electron chi connectivity index (χ4n) is 4.15. The molecule has 1 aliphatic carbocycles. The van der Waals surface area contributed by atoms with E-state index < -0.39 is 41.3 Å². The summed E-state index contributed by atoms with van der Waals surface area (Å²) < 4.78 is 17.1. The quantitative estimate of drug-likeness (QED) is 0.287. The Morgan fingerprint density at radius 1 is 1.43 bits per heavy atom. The van der Waals surface area contributed by atoms with E-state index >= 15 is 0 Å². The van der Waals surface area contributed by atoms with Gasteiger partial charge in [-0.1, -0.05) is 18.2 Å². The Bertz CT molecular complexity index is 649. The first-order valence-corrected chi connectivity index (χ1v) is 9.91. The minimum atomic E-state index is -1.22. The summed E-state index contributed by atoms with van der Waals surface area (Å²) in [6.45, 7) is 9.25. The predicted molar refractivity (Wildman–Crippen MR) is 105 cm³/mol. The van der Waals surface area contributed by atoms with Crippen LogP contribution in [0.25, 0.3) is 0 Å². The second kappa shape index (κ2) is 8.95. The van der Waals surface area contributed by atoms with E-state index in [-0.39, 0.29) is 12.0 Å². The fourth-order valence-corrected chi connectivity index (χ4v) is 4.45. The maximum atomic E-state index is 12.0. The van der Waals surface area contributed by atoms with E-state index in [9.17, 15) is 14.7 Å². The van der Waals surface area contributed by atoms with Gasteiger partial charge in [0.2, 0.25) is 0 Å². The summed E-state index contributed by atoms with van der Waals surface area (Å²) in [6.07, 6.45) is 2.20. The van der Waals surface area contributed by atoms with Gasteiger partial charge in [0.05, 0.1) is 23.5 Å². The Hall–Kier alpha value is -1.41. The molecule has 2 N–H and O–H groups in total. The summed E-state index contributed by atoms with van der Waals surface area (Å²) in [6, 6.07) is 0. The monoisotopic (exact) mass is 415 g/mol. The van der Waals surface area contributed by atoms with Gasteiger partial charge in [-0.05, 0) is 46.1 Å². The van der Waals surface area contributed by atoms with Crippen molar-refractivity contribution in [3.8, 4) is 0 Å². The van der Waals surface area contributed by atoms with E-state index in [1.165, 1.54) is 12.7 Å². The van der Waals surface area contributed by atoms with Crippen molar-refractivity contribution in [2.75, 3.05) is 13.0 Å². The number of carbonyl (C=O) groups excluding carboxylic acids is 2. The summed E-state index contributed by atoms with van der Waals surface area (Å²) in [4.78, 5) is 23.3. The van der Waals surface area contributed by atoms with E-state index in [2.05, 4.69) is 18.0 Å². The topological polar surface area (TPSA) is 97.4 Å². The molecule has 6 unspecified atom stereocenters. The van der Waals surface area contributed by atoms with Crippen LogP contribution < -0.4 is 5.32 Å². The summed E-state index contributed by atoms with van der Waals surface area (Å²) >= 11 is 6.14. The third-order valence-electron chi connectivity index (χ3n) is 5.64. The Morgan fingerprint density at radius 3 is 2.64 bits per heavy atom. The standard InChI is InChI=1S/C20H30ClNO6/c1-6-15(23)22-18(24)27-13-9-10-20(25,11-21)17(16(13)26-5)19(4)14(28-19)8-7-12(2)3/h6-7,13-14,16-17,25H,1,8-11H2,2-5H3,(H,22,23,24). The van der Waals surface area contributed by atoms with Crippen LogP contribution in [0.1, 0.15) is 40.0 Å². The number of imide groups is 1. The number of rotatable bonds is 7. The minimum Gasteiger partial charge on any atom is -0.443 e. The van der Waals surface area contributed by atoms with Crippen molar-refractivity contribution in [3.05, 3.63) is 24.3 Å². The second-order valence-corrected chi connectivity index (χ2v) is 8.17. The van der Waals surface area contributed by atoms with Gasteiger partial charge in [-0.25, -0.2) is 4.79 Å². The first-order valence-electron chi connectivity index (χ1n) is 9.37. The lowest BCUT2D eigenvalue weighted by molar-refractivity contribution is -0.170. The zero-order valence-electron chi connectivity index (χ0n) is 16.9. The number of epoxide rings is 1. The third kappa shape index (κ3) is 4.76.